The fourth-order valence-corrected chi connectivity index (χ4v) is 3.89. The molecule has 0 heterocycles. The van der Waals surface area contributed by atoms with E-state index in [1.165, 1.54) is 47.9 Å². The number of hydrogen-bond acceptors (Lipinski definition) is 1. The Kier molecular flexibility index (Phi) is 6.85. The van der Waals surface area contributed by atoms with Gasteiger partial charge in [-0.2, -0.15) is 0 Å². The fraction of sp³-hybridized carbons (Fsp3) is 0.360. The van der Waals surface area contributed by atoms with E-state index in [1.54, 1.807) is 0 Å². The van der Waals surface area contributed by atoms with Crippen LogP contribution in [0.1, 0.15) is 66.7 Å². The van der Waals surface area contributed by atoms with E-state index in [0.29, 0.717) is 25.0 Å². The highest BCUT2D eigenvalue weighted by atomic mass is 16.5. The molecule has 1 aliphatic carbocycles. The Morgan fingerprint density at radius 2 is 1.42 bits per heavy atom. The number of ether oxygens (including phenoxy) is 1. The molecule has 0 atom stereocenters. The van der Waals surface area contributed by atoms with Gasteiger partial charge in [0.2, 0.25) is 0 Å². The molecule has 1 saturated carbocycles. The molecular formula is C25H30O. The molecular weight excluding hydrogens is 316 g/mol. The zero-order chi connectivity index (χ0) is 18.2. The first-order chi connectivity index (χ1) is 12.8. The second-order valence-electron chi connectivity index (χ2n) is 7.25. The van der Waals surface area contributed by atoms with Gasteiger partial charge in [-0.1, -0.05) is 73.3 Å². The first kappa shape index (κ1) is 18.7. The van der Waals surface area contributed by atoms with E-state index in [9.17, 15) is 0 Å². The van der Waals surface area contributed by atoms with Crippen molar-refractivity contribution in [2.45, 2.75) is 51.0 Å². The van der Waals surface area contributed by atoms with Crippen LogP contribution in [0.15, 0.2) is 67.3 Å². The molecule has 0 aromatic heterocycles. The monoisotopic (exact) mass is 346 g/mol. The molecule has 2 aromatic carbocycles. The molecule has 26 heavy (non-hydrogen) atoms. The van der Waals surface area contributed by atoms with E-state index >= 15 is 0 Å². The SMILES string of the molecule is C=Cc1ccc([C@H]2CC[C@H](c3ccc(COCC=CC)cc3)CC2)cc1. The summed E-state index contributed by atoms with van der Waals surface area (Å²) in [6.07, 6.45) is 11.1. The van der Waals surface area contributed by atoms with Crippen molar-refractivity contribution in [1.29, 1.82) is 0 Å². The van der Waals surface area contributed by atoms with Gasteiger partial charge in [0.05, 0.1) is 13.2 Å². The first-order valence-corrected chi connectivity index (χ1v) is 9.80. The summed E-state index contributed by atoms with van der Waals surface area (Å²) in [6.45, 7) is 7.24. The Morgan fingerprint density at radius 3 is 1.92 bits per heavy atom. The number of hydrogen-bond donors (Lipinski definition) is 0. The Labute approximate surface area is 158 Å². The molecule has 0 spiro atoms. The second-order valence-corrected chi connectivity index (χ2v) is 7.25. The van der Waals surface area contributed by atoms with Crippen LogP contribution in [-0.4, -0.2) is 6.61 Å². The van der Waals surface area contributed by atoms with Gasteiger partial charge >= 0.3 is 0 Å². The zero-order valence-corrected chi connectivity index (χ0v) is 15.9. The predicted octanol–water partition coefficient (Wildman–Crippen LogP) is 6.86. The molecule has 1 heteroatoms. The average Bonchev–Trinajstić information content (AvgIpc) is 2.72. The molecule has 0 unspecified atom stereocenters. The third-order valence-corrected chi connectivity index (χ3v) is 5.54. The normalized spacial score (nSPS) is 20.3. The number of rotatable bonds is 7. The lowest BCUT2D eigenvalue weighted by Gasteiger charge is -2.29. The summed E-state index contributed by atoms with van der Waals surface area (Å²) in [7, 11) is 0. The van der Waals surface area contributed by atoms with E-state index in [1.807, 2.05) is 25.2 Å². The highest BCUT2D eigenvalue weighted by Gasteiger charge is 2.23. The van der Waals surface area contributed by atoms with E-state index in [0.717, 1.165) is 0 Å². The molecule has 0 N–H and O–H groups in total. The molecule has 2 aromatic rings. The third kappa shape index (κ3) is 4.95. The Morgan fingerprint density at radius 1 is 0.885 bits per heavy atom. The van der Waals surface area contributed by atoms with Gasteiger partial charge < -0.3 is 4.74 Å². The van der Waals surface area contributed by atoms with Gasteiger partial charge in [-0.05, 0) is 66.7 Å². The van der Waals surface area contributed by atoms with Crippen molar-refractivity contribution in [3.05, 3.63) is 89.5 Å². The van der Waals surface area contributed by atoms with Crippen LogP contribution >= 0.6 is 0 Å². The third-order valence-electron chi connectivity index (χ3n) is 5.54. The quantitative estimate of drug-likeness (QED) is 0.393. The second kappa shape index (κ2) is 9.54. The summed E-state index contributed by atoms with van der Waals surface area (Å²) >= 11 is 0. The lowest BCUT2D eigenvalue weighted by Crippen LogP contribution is -2.12. The van der Waals surface area contributed by atoms with Gasteiger partial charge in [0.1, 0.15) is 0 Å². The number of benzene rings is 2. The Bertz CT molecular complexity index is 701. The van der Waals surface area contributed by atoms with Crippen molar-refractivity contribution in [2.75, 3.05) is 6.61 Å². The van der Waals surface area contributed by atoms with Crippen LogP contribution in [0.3, 0.4) is 0 Å². The van der Waals surface area contributed by atoms with Crippen molar-refractivity contribution in [1.82, 2.24) is 0 Å². The van der Waals surface area contributed by atoms with Gasteiger partial charge in [0.15, 0.2) is 0 Å². The summed E-state index contributed by atoms with van der Waals surface area (Å²) in [6, 6.07) is 18.0. The van der Waals surface area contributed by atoms with Crippen LogP contribution < -0.4 is 0 Å². The molecule has 0 aliphatic heterocycles. The standard InChI is InChI=1S/C25H30O/c1-3-5-18-26-19-21-8-12-23(13-9-21)25-16-14-24(15-17-25)22-10-6-20(4-2)7-11-22/h3-13,24-25H,2,14-19H2,1H3/t24-,25-. The predicted molar refractivity (Wildman–Crippen MR) is 111 cm³/mol. The maximum atomic E-state index is 5.63. The van der Waals surface area contributed by atoms with E-state index in [2.05, 4.69) is 55.1 Å². The van der Waals surface area contributed by atoms with Crippen molar-refractivity contribution >= 4 is 6.08 Å². The highest BCUT2D eigenvalue weighted by molar-refractivity contribution is 5.47. The van der Waals surface area contributed by atoms with Gasteiger partial charge in [0.25, 0.3) is 0 Å². The molecule has 0 bridgehead atoms. The molecule has 0 saturated heterocycles. The van der Waals surface area contributed by atoms with Gasteiger partial charge in [-0.15, -0.1) is 0 Å². The first-order valence-electron chi connectivity index (χ1n) is 9.80. The summed E-state index contributed by atoms with van der Waals surface area (Å²) in [4.78, 5) is 0. The summed E-state index contributed by atoms with van der Waals surface area (Å²) in [5.74, 6) is 1.42. The minimum Gasteiger partial charge on any atom is -0.373 e. The largest absolute Gasteiger partial charge is 0.373 e. The van der Waals surface area contributed by atoms with Crippen LogP contribution in [0.4, 0.5) is 0 Å². The Hall–Kier alpha value is -2.12. The lowest BCUT2D eigenvalue weighted by molar-refractivity contribution is 0.148. The summed E-state index contributed by atoms with van der Waals surface area (Å²) < 4.78 is 5.63. The van der Waals surface area contributed by atoms with Gasteiger partial charge in [-0.25, -0.2) is 0 Å². The van der Waals surface area contributed by atoms with Crippen molar-refractivity contribution < 1.29 is 4.74 Å². The molecule has 0 radical (unpaired) electrons. The number of allylic oxidation sites excluding steroid dienone is 1. The maximum Gasteiger partial charge on any atom is 0.0721 e. The van der Waals surface area contributed by atoms with Gasteiger partial charge in [0, 0.05) is 0 Å². The molecule has 3 rings (SSSR count). The van der Waals surface area contributed by atoms with E-state index < -0.39 is 0 Å². The van der Waals surface area contributed by atoms with Crippen LogP contribution in [-0.2, 0) is 11.3 Å². The topological polar surface area (TPSA) is 9.23 Å². The fourth-order valence-electron chi connectivity index (χ4n) is 3.89. The van der Waals surface area contributed by atoms with Crippen LogP contribution in [0.2, 0.25) is 0 Å². The Balaban J connectivity index is 1.51. The summed E-state index contributed by atoms with van der Waals surface area (Å²) in [5, 5.41) is 0. The molecule has 1 nitrogen and oxygen atoms in total. The van der Waals surface area contributed by atoms with Gasteiger partial charge in [-0.3, -0.25) is 0 Å². The maximum absolute atomic E-state index is 5.63. The molecule has 1 fully saturated rings. The van der Waals surface area contributed by atoms with Crippen molar-refractivity contribution in [3.63, 3.8) is 0 Å². The molecule has 136 valence electrons. The van der Waals surface area contributed by atoms with E-state index in [4.69, 9.17) is 4.74 Å². The van der Waals surface area contributed by atoms with Crippen molar-refractivity contribution in [3.8, 4) is 0 Å². The lowest BCUT2D eigenvalue weighted by atomic mass is 9.76. The smallest absolute Gasteiger partial charge is 0.0721 e. The molecule has 1 aliphatic rings. The van der Waals surface area contributed by atoms with Crippen molar-refractivity contribution in [2.24, 2.45) is 0 Å². The minimum atomic E-state index is 0.691. The van der Waals surface area contributed by atoms with Crippen LogP contribution in [0.25, 0.3) is 6.08 Å². The summed E-state index contributed by atoms with van der Waals surface area (Å²) in [5.41, 5.74) is 5.44. The minimum absolute atomic E-state index is 0.691. The molecule has 0 amide bonds. The zero-order valence-electron chi connectivity index (χ0n) is 15.9. The van der Waals surface area contributed by atoms with Crippen LogP contribution in [0.5, 0.6) is 0 Å². The highest BCUT2D eigenvalue weighted by Crippen LogP contribution is 2.40. The van der Waals surface area contributed by atoms with Crippen LogP contribution in [0, 0.1) is 0 Å². The average molecular weight is 347 g/mol. The van der Waals surface area contributed by atoms with E-state index in [-0.39, 0.29) is 0 Å².